The Bertz CT molecular complexity index is 979. The van der Waals surface area contributed by atoms with E-state index in [4.69, 9.17) is 16.3 Å². The molecule has 24 heavy (non-hydrogen) atoms. The molecule has 4 rings (SSSR count). The van der Waals surface area contributed by atoms with Gasteiger partial charge in [-0.3, -0.25) is 4.99 Å². The van der Waals surface area contributed by atoms with Gasteiger partial charge in [-0.25, -0.2) is 4.68 Å². The normalized spacial score (nSPS) is 13.3. The highest BCUT2D eigenvalue weighted by atomic mass is 35.5. The van der Waals surface area contributed by atoms with Crippen LogP contribution in [0.15, 0.2) is 59.7 Å². The van der Waals surface area contributed by atoms with Gasteiger partial charge in [0.25, 0.3) is 0 Å². The lowest BCUT2D eigenvalue weighted by Crippen LogP contribution is -2.31. The predicted octanol–water partition coefficient (Wildman–Crippen LogP) is 2.27. The highest BCUT2D eigenvalue weighted by Gasteiger charge is 2.09. The maximum Gasteiger partial charge on any atom is 0.133 e. The average Bonchev–Trinajstić information content (AvgIpc) is 3.09. The predicted molar refractivity (Wildman–Crippen MR) is 91.3 cm³/mol. The summed E-state index contributed by atoms with van der Waals surface area (Å²) < 4.78 is 7.70. The molecule has 120 valence electrons. The smallest absolute Gasteiger partial charge is 0.133 e. The minimum atomic E-state index is 0.386. The third-order valence-corrected chi connectivity index (χ3v) is 4.10. The quantitative estimate of drug-likeness (QED) is 0.733. The van der Waals surface area contributed by atoms with E-state index in [1.54, 1.807) is 4.68 Å². The van der Waals surface area contributed by atoms with E-state index in [0.29, 0.717) is 11.6 Å². The second-order valence-electron chi connectivity index (χ2n) is 5.49. The maximum atomic E-state index is 5.98. The summed E-state index contributed by atoms with van der Waals surface area (Å²) in [5, 5.41) is 11.1. The van der Waals surface area contributed by atoms with E-state index in [1.807, 2.05) is 54.7 Å². The summed E-state index contributed by atoms with van der Waals surface area (Å²) >= 11 is 5.91. The number of fused-ring (bicyclic) bond motifs is 1. The van der Waals surface area contributed by atoms with Crippen LogP contribution < -0.4 is 10.6 Å². The van der Waals surface area contributed by atoms with Gasteiger partial charge in [0, 0.05) is 23.2 Å². The number of hydrogen-bond acceptors (Lipinski definition) is 4. The molecule has 0 amide bonds. The number of para-hydroxylation sites is 1. The highest BCUT2D eigenvalue weighted by molar-refractivity contribution is 6.30. The lowest BCUT2D eigenvalue weighted by molar-refractivity contribution is 0.243. The molecule has 1 aliphatic heterocycles. The number of rotatable bonds is 4. The molecule has 0 saturated carbocycles. The first-order valence-corrected chi connectivity index (χ1v) is 8.10. The van der Waals surface area contributed by atoms with Crippen molar-refractivity contribution in [3.63, 3.8) is 0 Å². The number of nitrogens with zero attached hydrogens (tertiary/aromatic N) is 4. The fourth-order valence-electron chi connectivity index (χ4n) is 2.66. The monoisotopic (exact) mass is 338 g/mol. The Morgan fingerprint density at radius 1 is 1.08 bits per heavy atom. The van der Waals surface area contributed by atoms with E-state index >= 15 is 0 Å². The Morgan fingerprint density at radius 3 is 2.79 bits per heavy atom. The summed E-state index contributed by atoms with van der Waals surface area (Å²) in [6.07, 6.45) is 2.67. The van der Waals surface area contributed by atoms with Crippen LogP contribution in [0.2, 0.25) is 5.02 Å². The third-order valence-electron chi connectivity index (χ3n) is 3.85. The molecule has 6 heteroatoms. The Balaban J connectivity index is 1.53. The van der Waals surface area contributed by atoms with Gasteiger partial charge in [0.05, 0.1) is 17.2 Å². The Kier molecular flexibility index (Phi) is 4.01. The minimum Gasteiger partial charge on any atom is -0.491 e. The van der Waals surface area contributed by atoms with Crippen LogP contribution in [0.1, 0.15) is 12.1 Å². The van der Waals surface area contributed by atoms with Crippen LogP contribution in [0.25, 0.3) is 11.4 Å². The molecule has 0 fully saturated rings. The first-order valence-electron chi connectivity index (χ1n) is 7.72. The fraction of sp³-hybridized carbons (Fsp3) is 0.167. The number of halogens is 1. The molecule has 1 aromatic heterocycles. The second kappa shape index (κ2) is 6.45. The van der Waals surface area contributed by atoms with Gasteiger partial charge in [-0.05, 0) is 36.4 Å². The van der Waals surface area contributed by atoms with E-state index in [2.05, 4.69) is 15.3 Å². The van der Waals surface area contributed by atoms with Crippen LogP contribution in [-0.4, -0.2) is 21.5 Å². The topological polar surface area (TPSA) is 52.3 Å². The van der Waals surface area contributed by atoms with Crippen molar-refractivity contribution < 1.29 is 4.74 Å². The molecular weight excluding hydrogens is 324 g/mol. The van der Waals surface area contributed by atoms with Gasteiger partial charge in [0.1, 0.15) is 18.1 Å². The minimum absolute atomic E-state index is 0.386. The second-order valence-corrected chi connectivity index (χ2v) is 5.93. The molecule has 0 atom stereocenters. The SMILES string of the molecule is Clc1ccc(-n2cc(COC3=c4ccccc4=NCC3)nn2)cc1. The average molecular weight is 339 g/mol. The Hall–Kier alpha value is -2.66. The van der Waals surface area contributed by atoms with Crippen LogP contribution in [0.5, 0.6) is 0 Å². The first-order chi connectivity index (χ1) is 11.8. The molecule has 0 unspecified atom stereocenters. The van der Waals surface area contributed by atoms with Gasteiger partial charge in [0.15, 0.2) is 0 Å². The molecule has 0 saturated heterocycles. The van der Waals surface area contributed by atoms with Gasteiger partial charge in [-0.1, -0.05) is 28.9 Å². The van der Waals surface area contributed by atoms with Gasteiger partial charge in [-0.2, -0.15) is 0 Å². The summed E-state index contributed by atoms with van der Waals surface area (Å²) in [6.45, 7) is 1.14. The molecule has 2 aromatic carbocycles. The summed E-state index contributed by atoms with van der Waals surface area (Å²) in [4.78, 5) is 4.51. The van der Waals surface area contributed by atoms with Gasteiger partial charge in [0.2, 0.25) is 0 Å². The summed E-state index contributed by atoms with van der Waals surface area (Å²) in [6, 6.07) is 15.5. The van der Waals surface area contributed by atoms with Crippen molar-refractivity contribution >= 4 is 17.4 Å². The van der Waals surface area contributed by atoms with Crippen molar-refractivity contribution in [2.75, 3.05) is 6.54 Å². The fourth-order valence-corrected chi connectivity index (χ4v) is 2.78. The van der Waals surface area contributed by atoms with Crippen LogP contribution in [0, 0.1) is 0 Å². The van der Waals surface area contributed by atoms with Crippen molar-refractivity contribution in [1.82, 2.24) is 15.0 Å². The third kappa shape index (κ3) is 3.03. The molecule has 5 nitrogen and oxygen atoms in total. The molecular formula is C18H15ClN4O. The van der Waals surface area contributed by atoms with E-state index in [0.717, 1.165) is 40.7 Å². The maximum absolute atomic E-state index is 5.98. The lowest BCUT2D eigenvalue weighted by atomic mass is 10.2. The number of hydrogen-bond donors (Lipinski definition) is 0. The van der Waals surface area contributed by atoms with Crippen molar-refractivity contribution in [2.45, 2.75) is 13.0 Å². The van der Waals surface area contributed by atoms with Crippen LogP contribution in [-0.2, 0) is 11.3 Å². The largest absolute Gasteiger partial charge is 0.491 e. The Labute approximate surface area is 143 Å². The first kappa shape index (κ1) is 14.9. The highest BCUT2D eigenvalue weighted by Crippen LogP contribution is 2.14. The molecule has 0 bridgehead atoms. The zero-order chi connectivity index (χ0) is 16.4. The van der Waals surface area contributed by atoms with Crippen LogP contribution in [0.3, 0.4) is 0 Å². The molecule has 0 spiro atoms. The molecule has 0 N–H and O–H groups in total. The van der Waals surface area contributed by atoms with E-state index in [1.165, 1.54) is 0 Å². The number of ether oxygens (including phenoxy) is 1. The number of aromatic nitrogens is 3. The zero-order valence-corrected chi connectivity index (χ0v) is 13.6. The van der Waals surface area contributed by atoms with E-state index in [9.17, 15) is 0 Å². The molecule has 3 aromatic rings. The molecule has 2 heterocycles. The van der Waals surface area contributed by atoms with Gasteiger partial charge in [-0.15, -0.1) is 5.10 Å². The molecule has 0 radical (unpaired) electrons. The van der Waals surface area contributed by atoms with Gasteiger partial charge < -0.3 is 4.74 Å². The number of benzene rings is 2. The Morgan fingerprint density at radius 2 is 1.92 bits per heavy atom. The van der Waals surface area contributed by atoms with E-state index < -0.39 is 0 Å². The summed E-state index contributed by atoms with van der Waals surface area (Å²) in [7, 11) is 0. The standard InChI is InChI=1S/C18H15ClN4O/c19-13-5-7-15(8-6-13)23-11-14(21-22-23)12-24-18-9-10-20-17-4-2-1-3-16(17)18/h1-8,11H,9-10,12H2. The van der Waals surface area contributed by atoms with Crippen molar-refractivity contribution in [1.29, 1.82) is 0 Å². The van der Waals surface area contributed by atoms with Crippen molar-refractivity contribution in [3.05, 3.63) is 76.0 Å². The zero-order valence-electron chi connectivity index (χ0n) is 12.9. The summed E-state index contributed by atoms with van der Waals surface area (Å²) in [5.41, 5.74) is 1.69. The van der Waals surface area contributed by atoms with Gasteiger partial charge >= 0.3 is 0 Å². The lowest BCUT2D eigenvalue weighted by Gasteiger charge is -2.11. The molecule has 1 aliphatic rings. The molecule has 0 aliphatic carbocycles. The summed E-state index contributed by atoms with van der Waals surface area (Å²) in [5.74, 6) is 0.960. The van der Waals surface area contributed by atoms with E-state index in [-0.39, 0.29) is 0 Å². The van der Waals surface area contributed by atoms with Crippen LogP contribution in [0.4, 0.5) is 0 Å². The van der Waals surface area contributed by atoms with Crippen LogP contribution >= 0.6 is 11.6 Å². The van der Waals surface area contributed by atoms with Crippen molar-refractivity contribution in [3.8, 4) is 5.69 Å². The van der Waals surface area contributed by atoms with Crippen molar-refractivity contribution in [2.24, 2.45) is 4.99 Å².